The van der Waals surface area contributed by atoms with Crippen molar-refractivity contribution in [3.8, 4) is 5.75 Å². The fraction of sp³-hybridized carbons (Fsp3) is 0.647. The predicted molar refractivity (Wildman–Crippen MR) is 82.4 cm³/mol. The van der Waals surface area contributed by atoms with Gasteiger partial charge in [-0.1, -0.05) is 32.9 Å². The molecule has 3 nitrogen and oxygen atoms in total. The molecule has 0 bridgehead atoms. The number of ether oxygens (including phenoxy) is 2. The second-order valence-corrected chi connectivity index (χ2v) is 5.85. The van der Waals surface area contributed by atoms with Crippen LogP contribution in [0.4, 0.5) is 0 Å². The van der Waals surface area contributed by atoms with E-state index >= 15 is 0 Å². The fourth-order valence-corrected chi connectivity index (χ4v) is 2.58. The summed E-state index contributed by atoms with van der Waals surface area (Å²) in [5.74, 6) is 1.48. The highest BCUT2D eigenvalue weighted by atomic mass is 16.5. The quantitative estimate of drug-likeness (QED) is 0.829. The van der Waals surface area contributed by atoms with Gasteiger partial charge in [0.25, 0.3) is 0 Å². The third kappa shape index (κ3) is 3.53. The van der Waals surface area contributed by atoms with Crippen LogP contribution in [0, 0.1) is 0 Å². The summed E-state index contributed by atoms with van der Waals surface area (Å²) in [6, 6.07) is 8.82. The Morgan fingerprint density at radius 2 is 2.15 bits per heavy atom. The molecule has 1 aromatic rings. The maximum Gasteiger partial charge on any atom is 0.128 e. The molecule has 0 radical (unpaired) electrons. The van der Waals surface area contributed by atoms with Gasteiger partial charge in [-0.3, -0.25) is 0 Å². The maximum atomic E-state index is 6.12. The van der Waals surface area contributed by atoms with Gasteiger partial charge in [-0.05, 0) is 37.1 Å². The van der Waals surface area contributed by atoms with E-state index in [1.54, 1.807) is 0 Å². The first-order valence-electron chi connectivity index (χ1n) is 7.71. The van der Waals surface area contributed by atoms with Crippen molar-refractivity contribution < 1.29 is 9.47 Å². The first-order valence-corrected chi connectivity index (χ1v) is 7.71. The molecule has 0 spiro atoms. The van der Waals surface area contributed by atoms with Crippen LogP contribution in [0.25, 0.3) is 0 Å². The molecule has 0 amide bonds. The average molecular weight is 277 g/mol. The fourth-order valence-electron chi connectivity index (χ4n) is 2.58. The van der Waals surface area contributed by atoms with Crippen molar-refractivity contribution in [2.24, 2.45) is 0 Å². The van der Waals surface area contributed by atoms with Crippen LogP contribution in [0.3, 0.4) is 0 Å². The Labute approximate surface area is 122 Å². The third-order valence-corrected chi connectivity index (χ3v) is 3.95. The van der Waals surface area contributed by atoms with Crippen LogP contribution < -0.4 is 10.1 Å². The molecule has 2 rings (SSSR count). The van der Waals surface area contributed by atoms with Gasteiger partial charge in [0.15, 0.2) is 0 Å². The van der Waals surface area contributed by atoms with Gasteiger partial charge in [0.05, 0.1) is 0 Å². The van der Waals surface area contributed by atoms with Gasteiger partial charge >= 0.3 is 0 Å². The Hall–Kier alpha value is -1.06. The largest absolute Gasteiger partial charge is 0.488 e. The van der Waals surface area contributed by atoms with Gasteiger partial charge in [-0.25, -0.2) is 0 Å². The molecule has 0 aromatic heterocycles. The molecule has 3 heteroatoms. The van der Waals surface area contributed by atoms with Gasteiger partial charge < -0.3 is 14.8 Å². The molecule has 20 heavy (non-hydrogen) atoms. The molecule has 1 saturated carbocycles. The second-order valence-electron chi connectivity index (χ2n) is 5.85. The van der Waals surface area contributed by atoms with Crippen LogP contribution in [0.1, 0.15) is 45.1 Å². The molecule has 1 aliphatic rings. The third-order valence-electron chi connectivity index (χ3n) is 3.95. The number of hydrogen-bond donors (Lipinski definition) is 1. The Morgan fingerprint density at radius 1 is 1.35 bits per heavy atom. The molecular formula is C17H27NO2. The molecule has 0 heterocycles. The lowest BCUT2D eigenvalue weighted by molar-refractivity contribution is -0.106. The van der Waals surface area contributed by atoms with Crippen LogP contribution in [-0.2, 0) is 4.74 Å². The monoisotopic (exact) mass is 277 g/mol. The van der Waals surface area contributed by atoms with E-state index in [4.69, 9.17) is 9.47 Å². The van der Waals surface area contributed by atoms with E-state index in [0.29, 0.717) is 12.0 Å². The molecule has 1 N–H and O–H groups in total. The first-order chi connectivity index (χ1) is 9.65. The van der Waals surface area contributed by atoms with Gasteiger partial charge in [-0.2, -0.15) is 0 Å². The highest BCUT2D eigenvalue weighted by molar-refractivity contribution is 5.30. The first kappa shape index (κ1) is 15.3. The molecule has 3 atom stereocenters. The summed E-state index contributed by atoms with van der Waals surface area (Å²) in [5.41, 5.74) is 1.32. The lowest BCUT2D eigenvalue weighted by atomic mass is 9.85. The minimum Gasteiger partial charge on any atom is -0.488 e. The molecule has 1 aromatic carbocycles. The SMILES string of the molecule is CCCOC1C(NC)CC1Oc1cccc(C(C)C)c1. The van der Waals surface area contributed by atoms with Crippen LogP contribution in [0.15, 0.2) is 24.3 Å². The number of likely N-dealkylation sites (N-methyl/N-ethyl adjacent to an activating group) is 1. The van der Waals surface area contributed by atoms with Crippen molar-refractivity contribution in [3.63, 3.8) is 0 Å². The molecule has 0 saturated heterocycles. The van der Waals surface area contributed by atoms with Gasteiger partial charge in [0.1, 0.15) is 18.0 Å². The summed E-state index contributed by atoms with van der Waals surface area (Å²) in [6.07, 6.45) is 2.39. The van der Waals surface area contributed by atoms with Crippen LogP contribution in [0.5, 0.6) is 5.75 Å². The molecule has 3 unspecified atom stereocenters. The topological polar surface area (TPSA) is 30.5 Å². The van der Waals surface area contributed by atoms with Gasteiger partial charge in [-0.15, -0.1) is 0 Å². The molecule has 1 aliphatic carbocycles. The minimum atomic E-state index is 0.168. The number of benzene rings is 1. The van der Waals surface area contributed by atoms with Gasteiger partial charge in [0, 0.05) is 19.1 Å². The number of nitrogens with one attached hydrogen (secondary N) is 1. The molecular weight excluding hydrogens is 250 g/mol. The summed E-state index contributed by atoms with van der Waals surface area (Å²) in [5, 5.41) is 3.30. The normalized spacial score (nSPS) is 25.6. The summed E-state index contributed by atoms with van der Waals surface area (Å²) < 4.78 is 12.0. The van der Waals surface area contributed by atoms with E-state index in [2.05, 4.69) is 44.3 Å². The van der Waals surface area contributed by atoms with Crippen molar-refractivity contribution in [3.05, 3.63) is 29.8 Å². The lowest BCUT2D eigenvalue weighted by Crippen LogP contribution is -2.60. The summed E-state index contributed by atoms with van der Waals surface area (Å²) in [6.45, 7) is 7.34. The molecule has 0 aliphatic heterocycles. The van der Waals surface area contributed by atoms with E-state index in [1.165, 1.54) is 5.56 Å². The maximum absolute atomic E-state index is 6.12. The van der Waals surface area contributed by atoms with E-state index in [9.17, 15) is 0 Å². The summed E-state index contributed by atoms with van der Waals surface area (Å²) >= 11 is 0. The lowest BCUT2D eigenvalue weighted by Gasteiger charge is -2.43. The standard InChI is InChI=1S/C17H27NO2/c1-5-9-19-17-15(18-4)11-16(17)20-14-8-6-7-13(10-14)12(2)3/h6-8,10,12,15-18H,5,9,11H2,1-4H3. The predicted octanol–water partition coefficient (Wildman–Crippen LogP) is 3.34. The zero-order valence-corrected chi connectivity index (χ0v) is 13.1. The van der Waals surface area contributed by atoms with Crippen molar-refractivity contribution in [2.75, 3.05) is 13.7 Å². The van der Waals surface area contributed by atoms with Crippen molar-refractivity contribution in [2.45, 2.75) is 57.8 Å². The number of hydrogen-bond acceptors (Lipinski definition) is 3. The summed E-state index contributed by atoms with van der Waals surface area (Å²) in [7, 11) is 1.99. The van der Waals surface area contributed by atoms with Crippen molar-refractivity contribution >= 4 is 0 Å². The zero-order chi connectivity index (χ0) is 14.5. The van der Waals surface area contributed by atoms with E-state index < -0.39 is 0 Å². The highest BCUT2D eigenvalue weighted by Gasteiger charge is 2.42. The van der Waals surface area contributed by atoms with Gasteiger partial charge in [0.2, 0.25) is 0 Å². The van der Waals surface area contributed by atoms with Crippen LogP contribution in [-0.4, -0.2) is 31.9 Å². The minimum absolute atomic E-state index is 0.168. The highest BCUT2D eigenvalue weighted by Crippen LogP contribution is 2.30. The second kappa shape index (κ2) is 7.09. The van der Waals surface area contributed by atoms with Crippen LogP contribution >= 0.6 is 0 Å². The van der Waals surface area contributed by atoms with Crippen molar-refractivity contribution in [1.29, 1.82) is 0 Å². The Morgan fingerprint density at radius 3 is 2.80 bits per heavy atom. The number of rotatable bonds is 7. The van der Waals surface area contributed by atoms with Crippen molar-refractivity contribution in [1.82, 2.24) is 5.32 Å². The van der Waals surface area contributed by atoms with Crippen LogP contribution in [0.2, 0.25) is 0 Å². The smallest absolute Gasteiger partial charge is 0.128 e. The Kier molecular flexibility index (Phi) is 5.44. The van der Waals surface area contributed by atoms with E-state index in [0.717, 1.165) is 25.2 Å². The Balaban J connectivity index is 1.97. The van der Waals surface area contributed by atoms with E-state index in [1.807, 2.05) is 13.1 Å². The molecule has 1 fully saturated rings. The summed E-state index contributed by atoms with van der Waals surface area (Å²) in [4.78, 5) is 0. The average Bonchev–Trinajstić information content (AvgIpc) is 2.43. The zero-order valence-electron chi connectivity index (χ0n) is 13.1. The van der Waals surface area contributed by atoms with E-state index in [-0.39, 0.29) is 12.2 Å². The molecule has 112 valence electrons. The Bertz CT molecular complexity index is 419.